The number of halogens is 4. The van der Waals surface area contributed by atoms with E-state index in [-0.39, 0.29) is 22.5 Å². The Morgan fingerprint density at radius 2 is 1.82 bits per heavy atom. The van der Waals surface area contributed by atoms with Crippen LogP contribution in [-0.4, -0.2) is 34.5 Å². The lowest BCUT2D eigenvalue weighted by atomic mass is 9.85. The van der Waals surface area contributed by atoms with Crippen molar-refractivity contribution in [1.82, 2.24) is 10.3 Å². The quantitative estimate of drug-likeness (QED) is 0.437. The number of fused-ring (bicyclic) bond motifs is 1. The number of rotatable bonds is 6. The van der Waals surface area contributed by atoms with Gasteiger partial charge in [0.1, 0.15) is 11.5 Å². The monoisotopic (exact) mass is 543 g/mol. The van der Waals surface area contributed by atoms with Crippen LogP contribution in [0, 0.1) is 11.7 Å². The summed E-state index contributed by atoms with van der Waals surface area (Å²) in [5, 5.41) is 14.5. The number of hydrogen-bond donors (Lipinski definition) is 2. The SMILES string of the molecule is O=C(N[C@H]1CC[C@H](CN2C(=O)C(O)(c3ccc(F)cc3)c3ccccc32)CC1)c1cc(Cl)cnc1C(F)F. The molecule has 0 saturated heterocycles. The standard InChI is InChI=1S/C28H25ClF3N3O3/c29-18-13-21(24(25(31)32)33-14-18)26(36)34-20-11-5-16(6-12-20)15-35-23-4-2-1-3-22(23)28(38,27(35)37)17-7-9-19(30)10-8-17/h1-4,7-10,13-14,16,20,25,38H,5-6,11-12,15H2,(H,34,36)/t16-,20-,28?. The van der Waals surface area contributed by atoms with Gasteiger partial charge in [-0.3, -0.25) is 14.6 Å². The van der Waals surface area contributed by atoms with Gasteiger partial charge in [-0.25, -0.2) is 13.2 Å². The second kappa shape index (κ2) is 10.4. The smallest absolute Gasteiger partial charge is 0.281 e. The number of nitrogens with one attached hydrogen (secondary N) is 1. The van der Waals surface area contributed by atoms with E-state index in [1.54, 1.807) is 29.2 Å². The number of anilines is 1. The number of hydrogen-bond acceptors (Lipinski definition) is 4. The second-order valence-corrected chi connectivity index (χ2v) is 10.2. The Labute approximate surface area is 222 Å². The van der Waals surface area contributed by atoms with Gasteiger partial charge in [0, 0.05) is 24.3 Å². The van der Waals surface area contributed by atoms with E-state index in [1.165, 1.54) is 30.3 Å². The highest BCUT2D eigenvalue weighted by atomic mass is 35.5. The minimum Gasteiger partial charge on any atom is -0.372 e. The molecule has 1 saturated carbocycles. The molecule has 2 heterocycles. The number of aromatic nitrogens is 1. The Morgan fingerprint density at radius 1 is 1.13 bits per heavy atom. The summed E-state index contributed by atoms with van der Waals surface area (Å²) in [6.07, 6.45) is 0.738. The molecule has 2 N–H and O–H groups in total. The van der Waals surface area contributed by atoms with E-state index >= 15 is 0 Å². The van der Waals surface area contributed by atoms with Crippen molar-refractivity contribution in [2.24, 2.45) is 5.92 Å². The van der Waals surface area contributed by atoms with Crippen LogP contribution in [0.3, 0.4) is 0 Å². The molecule has 38 heavy (non-hydrogen) atoms. The van der Waals surface area contributed by atoms with Crippen LogP contribution < -0.4 is 10.2 Å². The Bertz CT molecular complexity index is 1360. The zero-order chi connectivity index (χ0) is 27.0. The molecule has 6 nitrogen and oxygen atoms in total. The van der Waals surface area contributed by atoms with E-state index in [4.69, 9.17) is 11.6 Å². The van der Waals surface area contributed by atoms with E-state index in [9.17, 15) is 27.9 Å². The predicted octanol–water partition coefficient (Wildman–Crippen LogP) is 5.38. The molecule has 0 spiro atoms. The largest absolute Gasteiger partial charge is 0.372 e. The zero-order valence-corrected chi connectivity index (χ0v) is 21.0. The fourth-order valence-corrected chi connectivity index (χ4v) is 5.56. The second-order valence-electron chi connectivity index (χ2n) is 9.73. The third kappa shape index (κ3) is 4.76. The van der Waals surface area contributed by atoms with Crippen molar-refractivity contribution in [2.45, 2.75) is 43.8 Å². The van der Waals surface area contributed by atoms with Crippen molar-refractivity contribution in [3.63, 3.8) is 0 Å². The summed E-state index contributed by atoms with van der Waals surface area (Å²) >= 11 is 5.87. The zero-order valence-electron chi connectivity index (χ0n) is 20.2. The lowest BCUT2D eigenvalue weighted by Crippen LogP contribution is -2.44. The van der Waals surface area contributed by atoms with Gasteiger partial charge in [-0.05, 0) is 61.4 Å². The first-order chi connectivity index (χ1) is 18.2. The van der Waals surface area contributed by atoms with Gasteiger partial charge in [-0.1, -0.05) is 41.9 Å². The third-order valence-corrected chi connectivity index (χ3v) is 7.57. The van der Waals surface area contributed by atoms with Gasteiger partial charge in [0.05, 0.1) is 16.3 Å². The minimum absolute atomic E-state index is 0.0967. The van der Waals surface area contributed by atoms with Gasteiger partial charge in [-0.15, -0.1) is 0 Å². The summed E-state index contributed by atoms with van der Waals surface area (Å²) in [4.78, 5) is 31.5. The molecule has 1 aromatic heterocycles. The summed E-state index contributed by atoms with van der Waals surface area (Å²) < 4.78 is 40.1. The van der Waals surface area contributed by atoms with Crippen molar-refractivity contribution in [2.75, 3.05) is 11.4 Å². The van der Waals surface area contributed by atoms with Gasteiger partial charge < -0.3 is 15.3 Å². The molecule has 1 atom stereocenters. The number of nitrogens with zero attached hydrogens (tertiary/aromatic N) is 2. The Kier molecular flexibility index (Phi) is 7.15. The van der Waals surface area contributed by atoms with E-state index in [2.05, 4.69) is 10.3 Å². The summed E-state index contributed by atoms with van der Waals surface area (Å²) in [5.74, 6) is -1.51. The lowest BCUT2D eigenvalue weighted by molar-refractivity contribution is -0.132. The van der Waals surface area contributed by atoms with Crippen molar-refractivity contribution in [3.8, 4) is 0 Å². The van der Waals surface area contributed by atoms with Crippen molar-refractivity contribution in [3.05, 3.63) is 94.0 Å². The number of carbonyl (C=O) groups excluding carboxylic acids is 2. The number of benzene rings is 2. The Morgan fingerprint density at radius 3 is 2.50 bits per heavy atom. The van der Waals surface area contributed by atoms with Crippen LogP contribution in [0.15, 0.2) is 60.8 Å². The fourth-order valence-electron chi connectivity index (χ4n) is 5.40. The third-order valence-electron chi connectivity index (χ3n) is 7.36. The maximum atomic E-state index is 13.6. The van der Waals surface area contributed by atoms with E-state index < -0.39 is 35.4 Å². The van der Waals surface area contributed by atoms with Crippen LogP contribution in [-0.2, 0) is 10.4 Å². The first-order valence-electron chi connectivity index (χ1n) is 12.3. The molecule has 1 fully saturated rings. The average Bonchev–Trinajstić information content (AvgIpc) is 3.12. The fraction of sp³-hybridized carbons (Fsp3) is 0.321. The number of alkyl halides is 2. The number of carbonyl (C=O) groups is 2. The molecule has 0 radical (unpaired) electrons. The van der Waals surface area contributed by atoms with Crippen molar-refractivity contribution >= 4 is 29.1 Å². The maximum absolute atomic E-state index is 13.6. The summed E-state index contributed by atoms with van der Waals surface area (Å²) in [6, 6.07) is 13.2. The molecule has 2 aliphatic rings. The molecule has 2 aromatic carbocycles. The molecular formula is C28H25ClF3N3O3. The Hall–Kier alpha value is -3.43. The maximum Gasteiger partial charge on any atom is 0.281 e. The lowest BCUT2D eigenvalue weighted by Gasteiger charge is -2.32. The number of amides is 2. The first-order valence-corrected chi connectivity index (χ1v) is 12.7. The molecule has 10 heteroatoms. The summed E-state index contributed by atoms with van der Waals surface area (Å²) in [6.45, 7) is 0.369. The van der Waals surface area contributed by atoms with Crippen molar-refractivity contribution < 1.29 is 27.9 Å². The van der Waals surface area contributed by atoms with Gasteiger partial charge in [0.15, 0.2) is 5.60 Å². The predicted molar refractivity (Wildman–Crippen MR) is 136 cm³/mol. The molecule has 1 unspecified atom stereocenters. The highest BCUT2D eigenvalue weighted by Crippen LogP contribution is 2.45. The summed E-state index contributed by atoms with van der Waals surface area (Å²) in [7, 11) is 0. The number of aliphatic hydroxyl groups is 1. The highest BCUT2D eigenvalue weighted by molar-refractivity contribution is 6.30. The molecule has 5 rings (SSSR count). The molecular weight excluding hydrogens is 519 g/mol. The van der Waals surface area contributed by atoms with Gasteiger partial charge in [-0.2, -0.15) is 0 Å². The molecule has 2 amide bonds. The van der Waals surface area contributed by atoms with Crippen LogP contribution in [0.2, 0.25) is 5.02 Å². The first kappa shape index (κ1) is 26.2. The van der Waals surface area contributed by atoms with Gasteiger partial charge in [0.2, 0.25) is 0 Å². The molecule has 1 aliphatic carbocycles. The van der Waals surface area contributed by atoms with Gasteiger partial charge >= 0.3 is 0 Å². The van der Waals surface area contributed by atoms with Crippen LogP contribution in [0.25, 0.3) is 0 Å². The van der Waals surface area contributed by atoms with E-state index in [0.717, 1.165) is 6.20 Å². The molecule has 0 bridgehead atoms. The van der Waals surface area contributed by atoms with Crippen LogP contribution in [0.4, 0.5) is 18.9 Å². The molecule has 198 valence electrons. The van der Waals surface area contributed by atoms with Crippen molar-refractivity contribution in [1.29, 1.82) is 0 Å². The average molecular weight is 544 g/mol. The minimum atomic E-state index is -2.90. The summed E-state index contributed by atoms with van der Waals surface area (Å²) in [5.41, 5.74) is -1.42. The van der Waals surface area contributed by atoms with Gasteiger partial charge in [0.25, 0.3) is 18.2 Å². The molecule has 1 aliphatic heterocycles. The van der Waals surface area contributed by atoms with Crippen LogP contribution >= 0.6 is 11.6 Å². The number of pyridine rings is 1. The normalized spacial score (nSPS) is 23.0. The van der Waals surface area contributed by atoms with Crippen LogP contribution in [0.5, 0.6) is 0 Å². The Balaban J connectivity index is 1.26. The van der Waals surface area contributed by atoms with E-state index in [1.807, 2.05) is 0 Å². The highest BCUT2D eigenvalue weighted by Gasteiger charge is 2.51. The number of para-hydroxylation sites is 1. The molecule has 3 aromatic rings. The van der Waals surface area contributed by atoms with E-state index in [0.29, 0.717) is 49.0 Å². The van der Waals surface area contributed by atoms with Crippen LogP contribution in [0.1, 0.15) is 59.3 Å². The topological polar surface area (TPSA) is 82.5 Å².